The summed E-state index contributed by atoms with van der Waals surface area (Å²) in [5.41, 5.74) is 2.20. The van der Waals surface area contributed by atoms with E-state index >= 15 is 0 Å². The second kappa shape index (κ2) is 13.5. The molecule has 186 valence electrons. The Bertz CT molecular complexity index is 661. The van der Waals surface area contributed by atoms with Crippen molar-refractivity contribution in [3.05, 3.63) is 22.3 Å². The van der Waals surface area contributed by atoms with Crippen LogP contribution in [-0.2, 0) is 6.42 Å². The molecule has 0 heterocycles. The van der Waals surface area contributed by atoms with E-state index in [0.29, 0.717) is 18.8 Å². The summed E-state index contributed by atoms with van der Waals surface area (Å²) >= 11 is 0. The van der Waals surface area contributed by atoms with Crippen molar-refractivity contribution < 1.29 is 15.3 Å². The summed E-state index contributed by atoms with van der Waals surface area (Å²) in [5, 5.41) is 31.7. The second-order valence-corrected chi connectivity index (χ2v) is 11.4. The molecule has 0 aliphatic carbocycles. The van der Waals surface area contributed by atoms with Gasteiger partial charge in [-0.1, -0.05) is 79.1 Å². The first kappa shape index (κ1) is 28.8. The molecule has 0 aliphatic rings. The van der Waals surface area contributed by atoms with E-state index in [4.69, 9.17) is 0 Å². The molecule has 0 saturated heterocycles. The van der Waals surface area contributed by atoms with Crippen molar-refractivity contribution in [2.24, 2.45) is 17.8 Å². The summed E-state index contributed by atoms with van der Waals surface area (Å²) in [6.45, 7) is 16.8. The van der Waals surface area contributed by atoms with Gasteiger partial charge in [-0.05, 0) is 81.4 Å². The molecule has 1 aromatic rings. The maximum atomic E-state index is 10.9. The smallest absolute Gasteiger partial charge is 0.122 e. The van der Waals surface area contributed by atoms with Crippen molar-refractivity contribution in [3.8, 4) is 11.5 Å². The minimum Gasteiger partial charge on any atom is -0.507 e. The van der Waals surface area contributed by atoms with Crippen LogP contribution >= 0.6 is 0 Å². The maximum Gasteiger partial charge on any atom is 0.122 e. The van der Waals surface area contributed by atoms with Gasteiger partial charge in [0.25, 0.3) is 0 Å². The minimum atomic E-state index is -0.752. The van der Waals surface area contributed by atoms with E-state index in [1.54, 1.807) is 0 Å². The monoisotopic (exact) mass is 448 g/mol. The van der Waals surface area contributed by atoms with Gasteiger partial charge in [0.2, 0.25) is 0 Å². The van der Waals surface area contributed by atoms with Gasteiger partial charge in [0.15, 0.2) is 0 Å². The predicted molar refractivity (Wildman–Crippen MR) is 138 cm³/mol. The number of phenolic OH excluding ortho intramolecular Hbond substituents is 2. The van der Waals surface area contributed by atoms with E-state index in [-0.39, 0.29) is 11.5 Å². The van der Waals surface area contributed by atoms with Gasteiger partial charge in [0.05, 0.1) is 5.60 Å². The number of aliphatic hydroxyl groups is 1. The maximum absolute atomic E-state index is 10.9. The lowest BCUT2D eigenvalue weighted by atomic mass is 9.86. The van der Waals surface area contributed by atoms with Crippen molar-refractivity contribution in [1.29, 1.82) is 0 Å². The van der Waals surface area contributed by atoms with Gasteiger partial charge in [-0.25, -0.2) is 0 Å². The summed E-state index contributed by atoms with van der Waals surface area (Å²) in [6, 6.07) is 0. The standard InChI is InChI=1S/C29H52O3/c1-20(2)12-9-13-21(3)14-10-15-22(4)16-11-18-29(8,32)19-17-26-25(7)27(30)23(5)24(6)28(26)31/h20-22,30-32H,9-19H2,1-8H3/t21?,22?,29-/m1/s1. The Morgan fingerprint density at radius 3 is 1.66 bits per heavy atom. The lowest BCUT2D eigenvalue weighted by molar-refractivity contribution is 0.0384. The minimum absolute atomic E-state index is 0.262. The highest BCUT2D eigenvalue weighted by Gasteiger charge is 2.23. The molecule has 0 aliphatic heterocycles. The summed E-state index contributed by atoms with van der Waals surface area (Å²) in [6.07, 6.45) is 12.1. The van der Waals surface area contributed by atoms with E-state index < -0.39 is 5.60 Å². The topological polar surface area (TPSA) is 60.7 Å². The Labute approximate surface area is 198 Å². The summed E-state index contributed by atoms with van der Waals surface area (Å²) in [7, 11) is 0. The molecule has 3 N–H and O–H groups in total. The summed E-state index contributed by atoms with van der Waals surface area (Å²) in [4.78, 5) is 0. The van der Waals surface area contributed by atoms with Gasteiger partial charge in [0.1, 0.15) is 11.5 Å². The largest absolute Gasteiger partial charge is 0.507 e. The van der Waals surface area contributed by atoms with E-state index in [1.165, 1.54) is 38.5 Å². The first-order chi connectivity index (χ1) is 14.9. The molecule has 1 aromatic carbocycles. The van der Waals surface area contributed by atoms with Crippen molar-refractivity contribution in [1.82, 2.24) is 0 Å². The SMILES string of the molecule is Cc1c(C)c(O)c(CC[C@](C)(O)CCCC(C)CCCC(C)CCCC(C)C)c(C)c1O. The number of phenols is 2. The predicted octanol–water partition coefficient (Wildman–Crippen LogP) is 8.15. The molecule has 0 radical (unpaired) electrons. The molecule has 3 atom stereocenters. The van der Waals surface area contributed by atoms with Gasteiger partial charge in [0, 0.05) is 5.56 Å². The Balaban J connectivity index is 2.36. The fraction of sp³-hybridized carbons (Fsp3) is 0.793. The van der Waals surface area contributed by atoms with Gasteiger partial charge >= 0.3 is 0 Å². The van der Waals surface area contributed by atoms with Gasteiger partial charge < -0.3 is 15.3 Å². The van der Waals surface area contributed by atoms with Gasteiger partial charge in [-0.15, -0.1) is 0 Å². The number of hydrogen-bond acceptors (Lipinski definition) is 3. The molecule has 32 heavy (non-hydrogen) atoms. The quantitative estimate of drug-likeness (QED) is 0.237. The first-order valence-corrected chi connectivity index (χ1v) is 13.1. The fourth-order valence-electron chi connectivity index (χ4n) is 4.82. The average molecular weight is 449 g/mol. The zero-order valence-corrected chi connectivity index (χ0v) is 22.4. The lowest BCUT2D eigenvalue weighted by Crippen LogP contribution is -2.25. The van der Waals surface area contributed by atoms with Crippen LogP contribution < -0.4 is 0 Å². The zero-order chi connectivity index (χ0) is 24.5. The van der Waals surface area contributed by atoms with Crippen LogP contribution in [0.5, 0.6) is 11.5 Å². The van der Waals surface area contributed by atoms with Crippen molar-refractivity contribution in [2.45, 2.75) is 132 Å². The molecule has 2 unspecified atom stereocenters. The van der Waals surface area contributed by atoms with Crippen LogP contribution in [0, 0.1) is 38.5 Å². The van der Waals surface area contributed by atoms with Crippen LogP contribution in [0.25, 0.3) is 0 Å². The molecule has 0 saturated carbocycles. The Morgan fingerprint density at radius 1 is 0.656 bits per heavy atom. The van der Waals surface area contributed by atoms with Crippen LogP contribution in [0.1, 0.15) is 121 Å². The Kier molecular flexibility index (Phi) is 12.1. The number of benzene rings is 1. The molecule has 3 heteroatoms. The Morgan fingerprint density at radius 2 is 1.12 bits per heavy atom. The van der Waals surface area contributed by atoms with Crippen LogP contribution in [0.2, 0.25) is 0 Å². The molecular formula is C29H52O3. The number of rotatable bonds is 15. The van der Waals surface area contributed by atoms with Gasteiger partial charge in [-0.2, -0.15) is 0 Å². The molecule has 0 aromatic heterocycles. The molecule has 0 fully saturated rings. The molecule has 3 nitrogen and oxygen atoms in total. The molecule has 0 bridgehead atoms. The van der Waals surface area contributed by atoms with Gasteiger partial charge in [-0.3, -0.25) is 0 Å². The van der Waals surface area contributed by atoms with Crippen LogP contribution in [0.4, 0.5) is 0 Å². The number of aromatic hydroxyl groups is 2. The van der Waals surface area contributed by atoms with E-state index in [0.717, 1.165) is 53.4 Å². The third-order valence-electron chi connectivity index (χ3n) is 7.56. The van der Waals surface area contributed by atoms with Crippen LogP contribution in [0.15, 0.2) is 0 Å². The van der Waals surface area contributed by atoms with Crippen molar-refractivity contribution >= 4 is 0 Å². The molecule has 0 amide bonds. The third kappa shape index (κ3) is 9.73. The molecular weight excluding hydrogens is 396 g/mol. The number of hydrogen-bond donors (Lipinski definition) is 3. The van der Waals surface area contributed by atoms with Crippen molar-refractivity contribution in [2.75, 3.05) is 0 Å². The van der Waals surface area contributed by atoms with E-state index in [9.17, 15) is 15.3 Å². The highest BCUT2D eigenvalue weighted by molar-refractivity contribution is 5.56. The normalized spacial score (nSPS) is 15.7. The lowest BCUT2D eigenvalue weighted by Gasteiger charge is -2.25. The highest BCUT2D eigenvalue weighted by Crippen LogP contribution is 2.38. The summed E-state index contributed by atoms with van der Waals surface area (Å²) in [5.74, 6) is 2.89. The average Bonchev–Trinajstić information content (AvgIpc) is 2.70. The Hall–Kier alpha value is -1.22. The summed E-state index contributed by atoms with van der Waals surface area (Å²) < 4.78 is 0. The highest BCUT2D eigenvalue weighted by atomic mass is 16.3. The zero-order valence-electron chi connectivity index (χ0n) is 22.4. The molecule has 1 rings (SSSR count). The van der Waals surface area contributed by atoms with Crippen LogP contribution in [-0.4, -0.2) is 20.9 Å². The third-order valence-corrected chi connectivity index (χ3v) is 7.56. The molecule has 0 spiro atoms. The fourth-order valence-corrected chi connectivity index (χ4v) is 4.82. The van der Waals surface area contributed by atoms with Crippen LogP contribution in [0.3, 0.4) is 0 Å². The van der Waals surface area contributed by atoms with E-state index in [2.05, 4.69) is 27.7 Å². The van der Waals surface area contributed by atoms with E-state index in [1.807, 2.05) is 27.7 Å². The first-order valence-electron chi connectivity index (χ1n) is 13.1. The van der Waals surface area contributed by atoms with Crippen molar-refractivity contribution in [3.63, 3.8) is 0 Å². The second-order valence-electron chi connectivity index (χ2n) is 11.4.